The second kappa shape index (κ2) is 9.87. The van der Waals surface area contributed by atoms with Gasteiger partial charge in [0.05, 0.1) is 25.6 Å². The molecule has 0 aliphatic carbocycles. The molecule has 1 aliphatic heterocycles. The molecule has 1 aliphatic rings. The minimum absolute atomic E-state index is 0.0863. The van der Waals surface area contributed by atoms with E-state index in [2.05, 4.69) is 29.1 Å². The molecule has 7 heteroatoms. The molecule has 0 bridgehead atoms. The van der Waals surface area contributed by atoms with Crippen molar-refractivity contribution in [1.29, 1.82) is 0 Å². The molecule has 1 fully saturated rings. The Hall–Kier alpha value is -3.32. The number of piperazine rings is 1. The van der Waals surface area contributed by atoms with Gasteiger partial charge in [0.25, 0.3) is 5.91 Å². The van der Waals surface area contributed by atoms with Crippen LogP contribution in [0.1, 0.15) is 35.9 Å². The predicted molar refractivity (Wildman–Crippen MR) is 124 cm³/mol. The van der Waals surface area contributed by atoms with E-state index in [0.717, 1.165) is 24.5 Å². The largest absolute Gasteiger partial charge is 0.497 e. The van der Waals surface area contributed by atoms with Crippen LogP contribution in [-0.2, 0) is 0 Å². The summed E-state index contributed by atoms with van der Waals surface area (Å²) in [5.74, 6) is 1.30. The Labute approximate surface area is 189 Å². The van der Waals surface area contributed by atoms with Crippen LogP contribution in [0.5, 0.6) is 11.5 Å². The molecular weight excluding hydrogens is 404 g/mol. The van der Waals surface area contributed by atoms with Crippen molar-refractivity contribution in [2.24, 2.45) is 0 Å². The summed E-state index contributed by atoms with van der Waals surface area (Å²) in [4.78, 5) is 17.6. The van der Waals surface area contributed by atoms with Gasteiger partial charge in [-0.05, 0) is 43.7 Å². The maximum Gasteiger partial charge on any atom is 0.278 e. The lowest BCUT2D eigenvalue weighted by Crippen LogP contribution is -2.49. The first-order valence-corrected chi connectivity index (χ1v) is 11.1. The van der Waals surface area contributed by atoms with Gasteiger partial charge in [-0.2, -0.15) is 5.10 Å². The summed E-state index contributed by atoms with van der Waals surface area (Å²) in [5.41, 5.74) is 2.47. The third kappa shape index (κ3) is 4.62. The molecule has 1 atom stereocenters. The van der Waals surface area contributed by atoms with Gasteiger partial charge in [0.2, 0.25) is 0 Å². The second-order valence-corrected chi connectivity index (χ2v) is 7.84. The first-order chi connectivity index (χ1) is 15.6. The number of methoxy groups -OCH3 is 1. The van der Waals surface area contributed by atoms with E-state index >= 15 is 0 Å². The smallest absolute Gasteiger partial charge is 0.278 e. The predicted octanol–water partition coefficient (Wildman–Crippen LogP) is 3.80. The van der Waals surface area contributed by atoms with Gasteiger partial charge in [-0.1, -0.05) is 30.3 Å². The highest BCUT2D eigenvalue weighted by atomic mass is 16.5. The Morgan fingerprint density at radius 3 is 2.50 bits per heavy atom. The van der Waals surface area contributed by atoms with Crippen LogP contribution in [0.25, 0.3) is 5.69 Å². The first kappa shape index (κ1) is 21.9. The van der Waals surface area contributed by atoms with E-state index in [1.807, 2.05) is 54.3 Å². The lowest BCUT2D eigenvalue weighted by molar-refractivity contribution is 0.0572. The van der Waals surface area contributed by atoms with E-state index in [1.54, 1.807) is 18.0 Å². The van der Waals surface area contributed by atoms with Gasteiger partial charge in [-0.15, -0.1) is 0 Å². The normalized spacial score (nSPS) is 15.4. The van der Waals surface area contributed by atoms with E-state index in [4.69, 9.17) is 9.47 Å². The number of rotatable bonds is 7. The number of hydrogen-bond donors (Lipinski definition) is 0. The van der Waals surface area contributed by atoms with E-state index in [0.29, 0.717) is 31.1 Å². The monoisotopic (exact) mass is 434 g/mol. The third-order valence-corrected chi connectivity index (χ3v) is 5.93. The summed E-state index contributed by atoms with van der Waals surface area (Å²) in [6.07, 6.45) is 1.78. The van der Waals surface area contributed by atoms with Crippen molar-refractivity contribution >= 4 is 5.91 Å². The topological polar surface area (TPSA) is 59.8 Å². The van der Waals surface area contributed by atoms with Gasteiger partial charge in [0.15, 0.2) is 11.4 Å². The standard InChI is InChI=1S/C25H30N4O3/c1-4-32-23-18-29(21-10-6-5-7-11-21)26-24(23)25(30)28-15-13-27(14-16-28)19(2)20-9-8-12-22(17-20)31-3/h5-12,17-19H,4,13-16H2,1-3H3. The van der Waals surface area contributed by atoms with Crippen LogP contribution >= 0.6 is 0 Å². The Balaban J connectivity index is 1.45. The minimum atomic E-state index is -0.0863. The lowest BCUT2D eigenvalue weighted by Gasteiger charge is -2.38. The van der Waals surface area contributed by atoms with Gasteiger partial charge in [-0.25, -0.2) is 4.68 Å². The number of para-hydroxylation sites is 1. The molecule has 168 valence electrons. The minimum Gasteiger partial charge on any atom is -0.497 e. The van der Waals surface area contributed by atoms with E-state index < -0.39 is 0 Å². The van der Waals surface area contributed by atoms with Crippen molar-refractivity contribution in [1.82, 2.24) is 19.6 Å². The lowest BCUT2D eigenvalue weighted by atomic mass is 10.1. The van der Waals surface area contributed by atoms with Crippen LogP contribution in [0, 0.1) is 0 Å². The molecule has 0 saturated carbocycles. The third-order valence-electron chi connectivity index (χ3n) is 5.93. The summed E-state index contributed by atoms with van der Waals surface area (Å²) in [6.45, 7) is 7.48. The average molecular weight is 435 g/mol. The molecule has 2 aromatic carbocycles. The van der Waals surface area contributed by atoms with Gasteiger partial charge in [0, 0.05) is 32.2 Å². The molecule has 7 nitrogen and oxygen atoms in total. The number of benzene rings is 2. The Bertz CT molecular complexity index is 1040. The zero-order valence-electron chi connectivity index (χ0n) is 18.9. The number of carbonyl (C=O) groups is 1. The number of amides is 1. The molecule has 4 rings (SSSR count). The molecule has 1 saturated heterocycles. The summed E-state index contributed by atoms with van der Waals surface area (Å²) in [5, 5.41) is 4.57. The summed E-state index contributed by atoms with van der Waals surface area (Å²) in [6, 6.07) is 18.2. The van der Waals surface area contributed by atoms with Crippen LogP contribution < -0.4 is 9.47 Å². The quantitative estimate of drug-likeness (QED) is 0.566. The van der Waals surface area contributed by atoms with Crippen LogP contribution in [0.2, 0.25) is 0 Å². The fraction of sp³-hybridized carbons (Fsp3) is 0.360. The molecule has 1 unspecified atom stereocenters. The highest BCUT2D eigenvalue weighted by molar-refractivity contribution is 5.95. The number of nitrogens with zero attached hydrogens (tertiary/aromatic N) is 4. The van der Waals surface area contributed by atoms with Crippen molar-refractivity contribution in [2.75, 3.05) is 39.9 Å². The zero-order valence-corrected chi connectivity index (χ0v) is 18.9. The number of hydrogen-bond acceptors (Lipinski definition) is 5. The molecule has 1 aromatic heterocycles. The van der Waals surface area contributed by atoms with Crippen LogP contribution in [0.3, 0.4) is 0 Å². The molecule has 32 heavy (non-hydrogen) atoms. The summed E-state index contributed by atoms with van der Waals surface area (Å²) < 4.78 is 12.8. The maximum atomic E-state index is 13.3. The maximum absolute atomic E-state index is 13.3. The fourth-order valence-corrected chi connectivity index (χ4v) is 4.05. The highest BCUT2D eigenvalue weighted by Crippen LogP contribution is 2.26. The van der Waals surface area contributed by atoms with Crippen molar-refractivity contribution in [3.8, 4) is 17.2 Å². The van der Waals surface area contributed by atoms with E-state index in [1.165, 1.54) is 5.56 Å². The molecule has 0 spiro atoms. The van der Waals surface area contributed by atoms with Gasteiger partial charge in [0.1, 0.15) is 5.75 Å². The summed E-state index contributed by atoms with van der Waals surface area (Å²) >= 11 is 0. The molecule has 2 heterocycles. The Morgan fingerprint density at radius 1 is 1.06 bits per heavy atom. The molecular formula is C25H30N4O3. The van der Waals surface area contributed by atoms with E-state index in [-0.39, 0.29) is 11.9 Å². The Morgan fingerprint density at radius 2 is 1.81 bits per heavy atom. The van der Waals surface area contributed by atoms with Crippen molar-refractivity contribution in [3.63, 3.8) is 0 Å². The average Bonchev–Trinajstić information content (AvgIpc) is 3.28. The van der Waals surface area contributed by atoms with Crippen molar-refractivity contribution < 1.29 is 14.3 Å². The van der Waals surface area contributed by atoms with Gasteiger partial charge < -0.3 is 14.4 Å². The first-order valence-electron chi connectivity index (χ1n) is 11.1. The number of ether oxygens (including phenoxy) is 2. The van der Waals surface area contributed by atoms with Gasteiger partial charge in [-0.3, -0.25) is 9.69 Å². The van der Waals surface area contributed by atoms with Crippen LogP contribution in [0.15, 0.2) is 60.8 Å². The highest BCUT2D eigenvalue weighted by Gasteiger charge is 2.29. The second-order valence-electron chi connectivity index (χ2n) is 7.84. The van der Waals surface area contributed by atoms with Gasteiger partial charge >= 0.3 is 0 Å². The number of carbonyl (C=O) groups excluding carboxylic acids is 1. The summed E-state index contributed by atoms with van der Waals surface area (Å²) in [7, 11) is 1.68. The SMILES string of the molecule is CCOc1cn(-c2ccccc2)nc1C(=O)N1CCN(C(C)c2cccc(OC)c2)CC1. The molecule has 0 radical (unpaired) electrons. The van der Waals surface area contributed by atoms with E-state index in [9.17, 15) is 4.79 Å². The molecule has 0 N–H and O–H groups in total. The van der Waals surface area contributed by atoms with Crippen molar-refractivity contribution in [2.45, 2.75) is 19.9 Å². The molecule has 1 amide bonds. The van der Waals surface area contributed by atoms with Crippen LogP contribution in [0.4, 0.5) is 0 Å². The molecule has 3 aromatic rings. The van der Waals surface area contributed by atoms with Crippen molar-refractivity contribution in [3.05, 3.63) is 72.1 Å². The number of aromatic nitrogens is 2. The zero-order chi connectivity index (χ0) is 22.5. The van der Waals surface area contributed by atoms with Crippen LogP contribution in [-0.4, -0.2) is 65.4 Å². The fourth-order valence-electron chi connectivity index (χ4n) is 4.05. The Kier molecular flexibility index (Phi) is 6.75.